The molecule has 0 unspecified atom stereocenters. The summed E-state index contributed by atoms with van der Waals surface area (Å²) >= 11 is 1.39. The lowest BCUT2D eigenvalue weighted by atomic mass is 9.87. The zero-order valence-electron chi connectivity index (χ0n) is 10.8. The maximum absolute atomic E-state index is 12.0. The second kappa shape index (κ2) is 6.49. The maximum Gasteiger partial charge on any atom is 0.323 e. The van der Waals surface area contributed by atoms with E-state index in [0.29, 0.717) is 5.01 Å². The van der Waals surface area contributed by atoms with Crippen molar-refractivity contribution in [2.24, 2.45) is 5.41 Å². The standard InChI is InChI=1S/C12H17NO4S/c1-4-16-10(14)12(3,11(15)17-5-2)8-9-13-6-7-18-9/h6-7H,4-5,8H2,1-3H3. The highest BCUT2D eigenvalue weighted by Gasteiger charge is 2.45. The van der Waals surface area contributed by atoms with Gasteiger partial charge in [-0.05, 0) is 20.8 Å². The third kappa shape index (κ3) is 3.29. The summed E-state index contributed by atoms with van der Waals surface area (Å²) in [6.45, 7) is 5.39. The second-order valence-electron chi connectivity index (χ2n) is 3.88. The average molecular weight is 271 g/mol. The van der Waals surface area contributed by atoms with Gasteiger partial charge in [0.15, 0.2) is 5.41 Å². The lowest BCUT2D eigenvalue weighted by molar-refractivity contribution is -0.170. The molecule has 0 saturated heterocycles. The van der Waals surface area contributed by atoms with E-state index in [2.05, 4.69) is 4.98 Å². The number of carbonyl (C=O) groups is 2. The van der Waals surface area contributed by atoms with Crippen molar-refractivity contribution in [3.8, 4) is 0 Å². The van der Waals surface area contributed by atoms with E-state index in [4.69, 9.17) is 9.47 Å². The molecule has 1 rings (SSSR count). The van der Waals surface area contributed by atoms with Gasteiger partial charge in [-0.3, -0.25) is 9.59 Å². The Morgan fingerprint density at radius 3 is 2.22 bits per heavy atom. The van der Waals surface area contributed by atoms with Crippen LogP contribution < -0.4 is 0 Å². The number of esters is 2. The SMILES string of the molecule is CCOC(=O)C(C)(Cc1nccs1)C(=O)OCC. The van der Waals surface area contributed by atoms with Gasteiger partial charge in [-0.1, -0.05) is 0 Å². The lowest BCUT2D eigenvalue weighted by Gasteiger charge is -2.23. The van der Waals surface area contributed by atoms with E-state index in [1.165, 1.54) is 18.3 Å². The largest absolute Gasteiger partial charge is 0.465 e. The molecule has 0 bridgehead atoms. The first-order valence-corrected chi connectivity index (χ1v) is 6.65. The van der Waals surface area contributed by atoms with Crippen molar-refractivity contribution < 1.29 is 19.1 Å². The molecule has 0 aliphatic heterocycles. The molecule has 0 aliphatic rings. The molecule has 18 heavy (non-hydrogen) atoms. The van der Waals surface area contributed by atoms with Gasteiger partial charge in [0.1, 0.15) is 0 Å². The fourth-order valence-corrected chi connectivity index (χ4v) is 2.22. The van der Waals surface area contributed by atoms with Gasteiger partial charge >= 0.3 is 11.9 Å². The topological polar surface area (TPSA) is 65.5 Å². The summed E-state index contributed by atoms with van der Waals surface area (Å²) in [5, 5.41) is 2.50. The van der Waals surface area contributed by atoms with Crippen molar-refractivity contribution in [1.82, 2.24) is 4.98 Å². The summed E-state index contributed by atoms with van der Waals surface area (Å²) in [6, 6.07) is 0. The van der Waals surface area contributed by atoms with Gasteiger partial charge in [0, 0.05) is 18.0 Å². The Morgan fingerprint density at radius 2 is 1.83 bits per heavy atom. The van der Waals surface area contributed by atoms with Crippen LogP contribution in [0.1, 0.15) is 25.8 Å². The van der Waals surface area contributed by atoms with E-state index in [1.807, 2.05) is 0 Å². The summed E-state index contributed by atoms with van der Waals surface area (Å²) in [7, 11) is 0. The Kier molecular flexibility index (Phi) is 5.27. The van der Waals surface area contributed by atoms with Crippen LogP contribution in [0, 0.1) is 5.41 Å². The molecule has 6 heteroatoms. The second-order valence-corrected chi connectivity index (χ2v) is 4.85. The molecule has 0 aromatic carbocycles. The molecule has 0 N–H and O–H groups in total. The van der Waals surface area contributed by atoms with E-state index < -0.39 is 17.4 Å². The molecule has 0 saturated carbocycles. The maximum atomic E-state index is 12.0. The van der Waals surface area contributed by atoms with Gasteiger partial charge in [-0.25, -0.2) is 4.98 Å². The van der Waals surface area contributed by atoms with Crippen LogP contribution in [0.15, 0.2) is 11.6 Å². The highest BCUT2D eigenvalue weighted by atomic mass is 32.1. The highest BCUT2D eigenvalue weighted by molar-refractivity contribution is 7.09. The summed E-state index contributed by atoms with van der Waals surface area (Å²) in [6.07, 6.45) is 1.83. The van der Waals surface area contributed by atoms with E-state index in [1.54, 1.807) is 25.4 Å². The van der Waals surface area contributed by atoms with Crippen LogP contribution in [-0.2, 0) is 25.5 Å². The first-order valence-electron chi connectivity index (χ1n) is 5.77. The van der Waals surface area contributed by atoms with Gasteiger partial charge in [0.05, 0.1) is 18.2 Å². The predicted octanol–water partition coefficient (Wildman–Crippen LogP) is 1.82. The minimum atomic E-state index is -1.33. The van der Waals surface area contributed by atoms with E-state index >= 15 is 0 Å². The number of ether oxygens (including phenoxy) is 2. The predicted molar refractivity (Wildman–Crippen MR) is 67.2 cm³/mol. The van der Waals surface area contributed by atoms with Gasteiger partial charge < -0.3 is 9.47 Å². The van der Waals surface area contributed by atoms with Crippen molar-refractivity contribution in [3.05, 3.63) is 16.6 Å². The normalized spacial score (nSPS) is 11.1. The molecule has 1 heterocycles. The number of carbonyl (C=O) groups excluding carboxylic acids is 2. The third-order valence-electron chi connectivity index (χ3n) is 2.44. The van der Waals surface area contributed by atoms with Crippen LogP contribution in [0.2, 0.25) is 0 Å². The van der Waals surface area contributed by atoms with E-state index in [0.717, 1.165) is 0 Å². The average Bonchev–Trinajstić information content (AvgIpc) is 2.82. The molecule has 0 radical (unpaired) electrons. The van der Waals surface area contributed by atoms with Crippen LogP contribution in [0.4, 0.5) is 0 Å². The number of rotatable bonds is 6. The lowest BCUT2D eigenvalue weighted by Crippen LogP contribution is -2.41. The first kappa shape index (κ1) is 14.6. The van der Waals surface area contributed by atoms with Gasteiger partial charge in [0.25, 0.3) is 0 Å². The summed E-state index contributed by atoms with van der Waals surface area (Å²) in [5.74, 6) is -1.14. The van der Waals surface area contributed by atoms with Crippen molar-refractivity contribution in [2.45, 2.75) is 27.2 Å². The molecule has 0 amide bonds. The molecule has 0 atom stereocenters. The van der Waals surface area contributed by atoms with E-state index in [9.17, 15) is 9.59 Å². The number of nitrogens with zero attached hydrogens (tertiary/aromatic N) is 1. The number of thiazole rings is 1. The molecular formula is C12H17NO4S. The monoisotopic (exact) mass is 271 g/mol. The van der Waals surface area contributed by atoms with Crippen molar-refractivity contribution in [3.63, 3.8) is 0 Å². The Hall–Kier alpha value is -1.43. The number of hydrogen-bond acceptors (Lipinski definition) is 6. The van der Waals surface area contributed by atoms with Gasteiger partial charge in [0.2, 0.25) is 0 Å². The Morgan fingerprint density at radius 1 is 1.28 bits per heavy atom. The molecule has 0 aliphatic carbocycles. The summed E-state index contributed by atoms with van der Waals surface area (Å²) in [4.78, 5) is 28.0. The molecule has 1 aromatic heterocycles. The smallest absolute Gasteiger partial charge is 0.323 e. The Balaban J connectivity index is 2.92. The molecule has 5 nitrogen and oxygen atoms in total. The third-order valence-corrected chi connectivity index (χ3v) is 3.22. The summed E-state index contributed by atoms with van der Waals surface area (Å²) in [5.41, 5.74) is -1.33. The zero-order chi connectivity index (χ0) is 13.6. The highest BCUT2D eigenvalue weighted by Crippen LogP contribution is 2.27. The number of aromatic nitrogens is 1. The summed E-state index contributed by atoms with van der Waals surface area (Å²) < 4.78 is 9.92. The molecule has 0 spiro atoms. The Labute approximate surface area is 110 Å². The fourth-order valence-electron chi connectivity index (χ4n) is 1.45. The van der Waals surface area contributed by atoms with Crippen LogP contribution in [0.5, 0.6) is 0 Å². The Bertz CT molecular complexity index is 384. The molecular weight excluding hydrogens is 254 g/mol. The number of hydrogen-bond donors (Lipinski definition) is 0. The van der Waals surface area contributed by atoms with Crippen LogP contribution in [0.25, 0.3) is 0 Å². The molecule has 100 valence electrons. The van der Waals surface area contributed by atoms with Crippen LogP contribution in [0.3, 0.4) is 0 Å². The van der Waals surface area contributed by atoms with Crippen LogP contribution in [-0.4, -0.2) is 30.1 Å². The van der Waals surface area contributed by atoms with Gasteiger partial charge in [-0.15, -0.1) is 11.3 Å². The first-order chi connectivity index (χ1) is 8.54. The van der Waals surface area contributed by atoms with Crippen molar-refractivity contribution in [1.29, 1.82) is 0 Å². The quantitative estimate of drug-likeness (QED) is 0.583. The minimum absolute atomic E-state index is 0.197. The molecule has 1 aromatic rings. The van der Waals surface area contributed by atoms with Crippen molar-refractivity contribution in [2.75, 3.05) is 13.2 Å². The molecule has 0 fully saturated rings. The van der Waals surface area contributed by atoms with E-state index in [-0.39, 0.29) is 19.6 Å². The van der Waals surface area contributed by atoms with Gasteiger partial charge in [-0.2, -0.15) is 0 Å². The van der Waals surface area contributed by atoms with Crippen molar-refractivity contribution >= 4 is 23.3 Å². The fraction of sp³-hybridized carbons (Fsp3) is 0.583. The zero-order valence-corrected chi connectivity index (χ0v) is 11.6. The minimum Gasteiger partial charge on any atom is -0.465 e. The van der Waals surface area contributed by atoms with Crippen LogP contribution >= 0.6 is 11.3 Å².